The number of fused-ring (bicyclic) bond motifs is 1. The summed E-state index contributed by atoms with van der Waals surface area (Å²) in [5.41, 5.74) is 0.743. The van der Waals surface area contributed by atoms with Crippen LogP contribution in [0, 0.1) is 0 Å². The molecule has 0 saturated carbocycles. The number of H-pyrrole nitrogens is 1. The largest absolute Gasteiger partial charge is 0.466 e. The van der Waals surface area contributed by atoms with E-state index < -0.39 is 0 Å². The first-order chi connectivity index (χ1) is 30.4. The minimum absolute atomic E-state index is 0.00383. The van der Waals surface area contributed by atoms with Gasteiger partial charge in [-0.15, -0.1) is 0 Å². The molecular weight excluding hydrogens is 891 g/mol. The molecule has 0 fully saturated rings. The van der Waals surface area contributed by atoms with Crippen molar-refractivity contribution in [1.29, 1.82) is 0 Å². The lowest BCUT2D eigenvalue weighted by molar-refractivity contribution is -0.150. The molecule has 0 atom stereocenters. The average molecular weight is 983 g/mol. The zero-order valence-electron chi connectivity index (χ0n) is 39.9. The fraction of sp³-hybridized carbons (Fsp3) is 0.860. The summed E-state index contributed by atoms with van der Waals surface area (Å²) in [6.45, 7) is 11.1. The van der Waals surface area contributed by atoms with Crippen molar-refractivity contribution in [3.63, 3.8) is 0 Å². The van der Waals surface area contributed by atoms with Crippen molar-refractivity contribution in [2.75, 3.05) is 29.8 Å². The van der Waals surface area contributed by atoms with E-state index in [0.717, 1.165) is 122 Å². The first kappa shape index (κ1) is 55.9. The van der Waals surface area contributed by atoms with Crippen LogP contribution in [-0.4, -0.2) is 68.7 Å². The Bertz CT molecular complexity index is 1420. The summed E-state index contributed by atoms with van der Waals surface area (Å²) in [6, 6.07) is 0. The minimum Gasteiger partial charge on any atom is -0.466 e. The number of hydrogen-bond donors (Lipinski definition) is 2. The molecule has 0 amide bonds. The third-order valence-electron chi connectivity index (χ3n) is 12.2. The summed E-state index contributed by atoms with van der Waals surface area (Å²) < 4.78 is 16.5. The predicted octanol–water partition coefficient (Wildman–Crippen LogP) is 14.0. The molecule has 0 radical (unpaired) electrons. The molecule has 2 heterocycles. The lowest BCUT2D eigenvalue weighted by atomic mass is 10.0. The quantitative estimate of drug-likeness (QED) is 0.0288. The minimum atomic E-state index is -0.233. The number of unbranched alkanes of at least 4 members (excludes halogenated alkanes) is 24. The van der Waals surface area contributed by atoms with Crippen LogP contribution in [0.5, 0.6) is 0 Å². The Kier molecular flexibility index (Phi) is 35.3. The summed E-state index contributed by atoms with van der Waals surface area (Å²) >= 11 is 1.97. The summed E-state index contributed by atoms with van der Waals surface area (Å²) in [7, 11) is 0. The van der Waals surface area contributed by atoms with Gasteiger partial charge in [0.1, 0.15) is 6.10 Å². The molecule has 11 nitrogen and oxygen atoms in total. The molecule has 0 aliphatic rings. The van der Waals surface area contributed by atoms with E-state index in [9.17, 15) is 14.4 Å². The van der Waals surface area contributed by atoms with Gasteiger partial charge in [0.05, 0.1) is 35.8 Å². The predicted molar refractivity (Wildman–Crippen MR) is 267 cm³/mol. The fourth-order valence-electron chi connectivity index (χ4n) is 8.36. The van der Waals surface area contributed by atoms with Crippen LogP contribution in [0.15, 0.2) is 11.1 Å². The third-order valence-corrected chi connectivity index (χ3v) is 12.7. The van der Waals surface area contributed by atoms with E-state index in [1.807, 2.05) is 27.4 Å². The molecule has 0 saturated heterocycles. The smallest absolute Gasteiger partial charge is 0.306 e. The second kappa shape index (κ2) is 39.2. The van der Waals surface area contributed by atoms with Crippen LogP contribution in [0.1, 0.15) is 239 Å². The average Bonchev–Trinajstić information content (AvgIpc) is 3.68. The van der Waals surface area contributed by atoms with E-state index in [2.05, 4.69) is 44.2 Å². The lowest BCUT2D eigenvalue weighted by Gasteiger charge is -2.22. The molecule has 0 bridgehead atoms. The Morgan fingerprint density at radius 3 is 1.66 bits per heavy atom. The second-order valence-corrected chi connectivity index (χ2v) is 18.5. The molecule has 0 unspecified atom stereocenters. The number of carbonyl (C=O) groups is 2. The number of aryl methyl sites for hydroxylation is 1. The van der Waals surface area contributed by atoms with Crippen molar-refractivity contribution in [3.05, 3.63) is 16.7 Å². The van der Waals surface area contributed by atoms with Gasteiger partial charge >= 0.3 is 11.9 Å². The summed E-state index contributed by atoms with van der Waals surface area (Å²) in [5.74, 6) is 0.393. The number of nitrogens with zero attached hydrogens (tertiary/aromatic N) is 4. The molecule has 358 valence electrons. The topological polar surface area (TPSA) is 131 Å². The van der Waals surface area contributed by atoms with Gasteiger partial charge < -0.3 is 18.9 Å². The van der Waals surface area contributed by atoms with E-state index in [1.165, 1.54) is 109 Å². The lowest BCUT2D eigenvalue weighted by Crippen LogP contribution is -2.28. The summed E-state index contributed by atoms with van der Waals surface area (Å²) in [5, 5.41) is 0. The number of aromatic amines is 1. The molecule has 0 aliphatic carbocycles. The second-order valence-electron chi connectivity index (χ2n) is 17.9. The van der Waals surface area contributed by atoms with Crippen molar-refractivity contribution in [3.8, 4) is 0 Å². The van der Waals surface area contributed by atoms with Gasteiger partial charge in [0, 0.05) is 19.4 Å². The highest BCUT2D eigenvalue weighted by atomic mass is 127. The molecule has 2 aromatic rings. The Balaban J connectivity index is 1.72. The van der Waals surface area contributed by atoms with E-state index in [0.29, 0.717) is 36.6 Å². The summed E-state index contributed by atoms with van der Waals surface area (Å²) in [4.78, 5) is 51.8. The Hall–Kier alpha value is -2.22. The van der Waals surface area contributed by atoms with Gasteiger partial charge in [-0.25, -0.2) is 4.98 Å². The van der Waals surface area contributed by atoms with Crippen molar-refractivity contribution >= 4 is 51.9 Å². The van der Waals surface area contributed by atoms with Gasteiger partial charge in [0.2, 0.25) is 5.95 Å². The van der Waals surface area contributed by atoms with Gasteiger partial charge in [-0.05, 0) is 83.8 Å². The van der Waals surface area contributed by atoms with Crippen LogP contribution in [0.4, 0.5) is 5.95 Å². The molecule has 62 heavy (non-hydrogen) atoms. The number of halogens is 1. The van der Waals surface area contributed by atoms with Crippen LogP contribution in [0.2, 0.25) is 0 Å². The monoisotopic (exact) mass is 983 g/mol. The van der Waals surface area contributed by atoms with Gasteiger partial charge in [-0.3, -0.25) is 22.9 Å². The number of nitrogens with one attached hydrogen (secondary N) is 2. The zero-order chi connectivity index (χ0) is 44.7. The Morgan fingerprint density at radius 2 is 1.11 bits per heavy atom. The first-order valence-electron chi connectivity index (χ1n) is 25.8. The molecule has 2 N–H and O–H groups in total. The normalized spacial score (nSPS) is 11.6. The van der Waals surface area contributed by atoms with Crippen LogP contribution < -0.4 is 9.09 Å². The first-order valence-corrected chi connectivity index (χ1v) is 26.9. The highest BCUT2D eigenvalue weighted by molar-refractivity contribution is 14.1. The van der Waals surface area contributed by atoms with Crippen molar-refractivity contribution in [2.24, 2.45) is 0 Å². The maximum absolute atomic E-state index is 12.9. The fourth-order valence-corrected chi connectivity index (χ4v) is 8.62. The third kappa shape index (κ3) is 28.5. The number of rotatable bonds is 44. The molecule has 2 aromatic heterocycles. The maximum atomic E-state index is 12.9. The highest BCUT2D eigenvalue weighted by Gasteiger charge is 2.15. The SMILES string of the molecule is CCCCCCCCCOC(=O)CCCCCCCN(CCCCCCCC(=O)OC(CCCCCCCC)CCCCCCCC)CCCn1cnc2c(=O)[nH]c(NI)nc21. The van der Waals surface area contributed by atoms with Gasteiger partial charge in [0.15, 0.2) is 11.2 Å². The number of hydrogen-bond acceptors (Lipinski definition) is 9. The van der Waals surface area contributed by atoms with Crippen LogP contribution in [0.25, 0.3) is 11.2 Å². The number of ether oxygens (including phenoxy) is 2. The van der Waals surface area contributed by atoms with Gasteiger partial charge in [0.25, 0.3) is 5.56 Å². The van der Waals surface area contributed by atoms with E-state index in [1.54, 1.807) is 6.33 Å². The molecule has 0 spiro atoms. The molecular formula is C50H91IN6O5. The van der Waals surface area contributed by atoms with E-state index in [-0.39, 0.29) is 23.6 Å². The van der Waals surface area contributed by atoms with Gasteiger partial charge in [-0.2, -0.15) is 4.98 Å². The Labute approximate surface area is 391 Å². The van der Waals surface area contributed by atoms with E-state index in [4.69, 9.17) is 9.47 Å². The van der Waals surface area contributed by atoms with Crippen LogP contribution in [0.3, 0.4) is 0 Å². The molecule has 2 rings (SSSR count). The number of aromatic nitrogens is 4. The zero-order valence-corrected chi connectivity index (χ0v) is 42.1. The number of carbonyl (C=O) groups excluding carboxylic acids is 2. The van der Waals surface area contributed by atoms with Crippen molar-refractivity contribution in [1.82, 2.24) is 24.4 Å². The van der Waals surface area contributed by atoms with Crippen molar-refractivity contribution in [2.45, 2.75) is 252 Å². The van der Waals surface area contributed by atoms with E-state index >= 15 is 0 Å². The molecule has 0 aromatic carbocycles. The number of anilines is 1. The Morgan fingerprint density at radius 1 is 0.645 bits per heavy atom. The number of imidazole rings is 1. The van der Waals surface area contributed by atoms with Gasteiger partial charge in [-0.1, -0.05) is 162 Å². The summed E-state index contributed by atoms with van der Waals surface area (Å²) in [6.07, 6.45) is 40.5. The number of esters is 2. The van der Waals surface area contributed by atoms with Crippen molar-refractivity contribution < 1.29 is 19.1 Å². The van der Waals surface area contributed by atoms with Crippen LogP contribution in [-0.2, 0) is 25.6 Å². The van der Waals surface area contributed by atoms with Crippen LogP contribution >= 0.6 is 22.9 Å². The standard InChI is InChI=1S/C50H91IN6O5/c1-4-7-10-13-16-25-32-42-61-45(58)36-28-21-17-23-30-38-56(40-33-41-57-43-52-47-48(57)53-50(55-51)54-49(47)60)39-31-24-18-22-29-37-46(59)62-44(34-26-19-14-11-8-5-2)35-27-20-15-12-9-6-3/h43-44H,4-42H2,1-3H3,(H2,53,54,55,60). The highest BCUT2D eigenvalue weighted by Crippen LogP contribution is 2.19. The molecule has 12 heteroatoms. The molecule has 0 aliphatic heterocycles. The maximum Gasteiger partial charge on any atom is 0.306 e.